The van der Waals surface area contributed by atoms with E-state index in [1.165, 1.54) is 22.5 Å². The molecule has 1 aromatic carbocycles. The van der Waals surface area contributed by atoms with Gasteiger partial charge in [0.1, 0.15) is 4.90 Å². The Hall–Kier alpha value is -1.39. The highest BCUT2D eigenvalue weighted by atomic mass is 35.5. The minimum absolute atomic E-state index is 0.00335. The number of hydrogen-bond donors (Lipinski definition) is 2. The van der Waals surface area contributed by atoms with Crippen molar-refractivity contribution in [2.24, 2.45) is 0 Å². The van der Waals surface area contributed by atoms with Gasteiger partial charge in [-0.25, -0.2) is 13.2 Å². The van der Waals surface area contributed by atoms with E-state index >= 15 is 0 Å². The Labute approximate surface area is 175 Å². The number of piperazine rings is 1. The summed E-state index contributed by atoms with van der Waals surface area (Å²) in [5.74, 6) is -0.448. The maximum atomic E-state index is 12.8. The second-order valence-corrected chi connectivity index (χ2v) is 10.3. The van der Waals surface area contributed by atoms with Crippen molar-refractivity contribution in [2.75, 3.05) is 32.7 Å². The molecule has 0 atom stereocenters. The minimum Gasteiger partial charge on any atom is -0.333 e. The van der Waals surface area contributed by atoms with E-state index in [4.69, 9.17) is 23.2 Å². The fraction of sp³-hybridized carbons (Fsp3) is 0.529. The number of sulfonamides is 1. The van der Waals surface area contributed by atoms with Gasteiger partial charge in [0.15, 0.2) is 0 Å². The average Bonchev–Trinajstić information content (AvgIpc) is 2.55. The van der Waals surface area contributed by atoms with Gasteiger partial charge in [-0.1, -0.05) is 23.2 Å². The van der Waals surface area contributed by atoms with Crippen LogP contribution in [0.1, 0.15) is 20.8 Å². The lowest BCUT2D eigenvalue weighted by Gasteiger charge is -2.33. The summed E-state index contributed by atoms with van der Waals surface area (Å²) in [6, 6.07) is 3.73. The summed E-state index contributed by atoms with van der Waals surface area (Å²) in [6.07, 6.45) is 0. The van der Waals surface area contributed by atoms with Crippen molar-refractivity contribution in [3.05, 3.63) is 28.2 Å². The molecule has 3 amide bonds. The fourth-order valence-electron chi connectivity index (χ4n) is 2.68. The molecule has 0 radical (unpaired) electrons. The maximum Gasteiger partial charge on any atom is 0.321 e. The first-order valence-electron chi connectivity index (χ1n) is 8.68. The summed E-state index contributed by atoms with van der Waals surface area (Å²) in [4.78, 5) is 25.5. The van der Waals surface area contributed by atoms with Crippen LogP contribution in [0.15, 0.2) is 23.1 Å². The third kappa shape index (κ3) is 6.31. The molecule has 1 fully saturated rings. The van der Waals surface area contributed by atoms with Crippen LogP contribution in [0.4, 0.5) is 4.79 Å². The number of carbonyl (C=O) groups is 2. The number of amides is 3. The van der Waals surface area contributed by atoms with Crippen LogP contribution in [0.3, 0.4) is 0 Å². The second-order valence-electron chi connectivity index (χ2n) is 7.51. The van der Waals surface area contributed by atoms with Crippen LogP contribution >= 0.6 is 23.2 Å². The van der Waals surface area contributed by atoms with Crippen molar-refractivity contribution in [1.29, 1.82) is 0 Å². The third-order valence-electron chi connectivity index (χ3n) is 3.95. The molecule has 28 heavy (non-hydrogen) atoms. The quantitative estimate of drug-likeness (QED) is 0.729. The molecule has 2 rings (SSSR count). The Morgan fingerprint density at radius 2 is 1.71 bits per heavy atom. The number of urea groups is 1. The molecule has 1 aliphatic heterocycles. The zero-order valence-corrected chi connectivity index (χ0v) is 18.3. The van der Waals surface area contributed by atoms with Gasteiger partial charge in [-0.2, -0.15) is 4.31 Å². The number of hydrogen-bond acceptors (Lipinski definition) is 5. The van der Waals surface area contributed by atoms with Crippen molar-refractivity contribution in [2.45, 2.75) is 31.2 Å². The predicted octanol–water partition coefficient (Wildman–Crippen LogP) is 1.92. The highest BCUT2D eigenvalue weighted by Gasteiger charge is 2.31. The summed E-state index contributed by atoms with van der Waals surface area (Å²) in [5.41, 5.74) is -0.452. The molecule has 1 aromatic rings. The summed E-state index contributed by atoms with van der Waals surface area (Å²) in [6.45, 7) is 6.54. The van der Waals surface area contributed by atoms with E-state index in [0.717, 1.165) is 0 Å². The Kier molecular flexibility index (Phi) is 7.33. The summed E-state index contributed by atoms with van der Waals surface area (Å²) in [5, 5.41) is 5.30. The topological polar surface area (TPSA) is 98.8 Å². The lowest BCUT2D eigenvalue weighted by molar-refractivity contribution is -0.121. The van der Waals surface area contributed by atoms with Gasteiger partial charge in [0.2, 0.25) is 15.9 Å². The Morgan fingerprint density at radius 3 is 2.29 bits per heavy atom. The Balaban J connectivity index is 1.91. The first-order valence-corrected chi connectivity index (χ1v) is 10.9. The molecule has 0 spiro atoms. The molecule has 11 heteroatoms. The molecule has 2 N–H and O–H groups in total. The smallest absolute Gasteiger partial charge is 0.321 e. The van der Waals surface area contributed by atoms with E-state index in [1.54, 1.807) is 4.90 Å². The van der Waals surface area contributed by atoms with Crippen molar-refractivity contribution < 1.29 is 18.0 Å². The lowest BCUT2D eigenvalue weighted by Crippen LogP contribution is -2.53. The summed E-state index contributed by atoms with van der Waals surface area (Å²) >= 11 is 11.9. The molecule has 1 aliphatic rings. The molecule has 1 heterocycles. The van der Waals surface area contributed by atoms with Crippen LogP contribution < -0.4 is 10.6 Å². The number of nitrogens with one attached hydrogen (secondary N) is 2. The van der Waals surface area contributed by atoms with Gasteiger partial charge in [-0.05, 0) is 39.0 Å². The fourth-order valence-corrected chi connectivity index (χ4v) is 4.84. The van der Waals surface area contributed by atoms with E-state index in [-0.39, 0.29) is 34.6 Å². The summed E-state index contributed by atoms with van der Waals surface area (Å²) < 4.78 is 26.9. The highest BCUT2D eigenvalue weighted by molar-refractivity contribution is 7.89. The summed E-state index contributed by atoms with van der Waals surface area (Å²) in [7, 11) is -3.78. The molecule has 0 saturated carbocycles. The van der Waals surface area contributed by atoms with Gasteiger partial charge in [0, 0.05) is 36.7 Å². The van der Waals surface area contributed by atoms with Gasteiger partial charge < -0.3 is 5.32 Å². The van der Waals surface area contributed by atoms with Crippen LogP contribution in [-0.2, 0) is 14.8 Å². The number of halogens is 2. The SMILES string of the molecule is CC(C)(C)NC(=O)NC(=O)CN1CCN(S(=O)(=O)c2cc(Cl)ccc2Cl)CC1. The van der Waals surface area contributed by atoms with Crippen molar-refractivity contribution in [3.8, 4) is 0 Å². The molecule has 0 aliphatic carbocycles. The third-order valence-corrected chi connectivity index (χ3v) is 6.57. The van der Waals surface area contributed by atoms with Gasteiger partial charge in [0.05, 0.1) is 11.6 Å². The maximum absolute atomic E-state index is 12.8. The monoisotopic (exact) mass is 450 g/mol. The molecule has 0 aromatic heterocycles. The normalized spacial score (nSPS) is 16.6. The zero-order valence-electron chi connectivity index (χ0n) is 16.0. The molecule has 156 valence electrons. The van der Waals surface area contributed by atoms with Gasteiger partial charge in [-0.15, -0.1) is 0 Å². The minimum atomic E-state index is -3.78. The van der Waals surface area contributed by atoms with Crippen LogP contribution in [0.25, 0.3) is 0 Å². The first kappa shape index (κ1) is 22.9. The van der Waals surface area contributed by atoms with Crippen molar-refractivity contribution >= 4 is 45.2 Å². The molecule has 0 unspecified atom stereocenters. The number of nitrogens with zero attached hydrogens (tertiary/aromatic N) is 2. The lowest BCUT2D eigenvalue weighted by atomic mass is 10.1. The zero-order chi connectivity index (χ0) is 21.1. The van der Waals surface area contributed by atoms with Crippen molar-refractivity contribution in [3.63, 3.8) is 0 Å². The average molecular weight is 451 g/mol. The Morgan fingerprint density at radius 1 is 1.11 bits per heavy atom. The van der Waals surface area contributed by atoms with E-state index in [0.29, 0.717) is 13.1 Å². The largest absolute Gasteiger partial charge is 0.333 e. The van der Waals surface area contributed by atoms with Gasteiger partial charge >= 0.3 is 6.03 Å². The van der Waals surface area contributed by atoms with Crippen LogP contribution in [0.2, 0.25) is 10.0 Å². The van der Waals surface area contributed by atoms with E-state index in [1.807, 2.05) is 20.8 Å². The van der Waals surface area contributed by atoms with Crippen LogP contribution in [0, 0.1) is 0 Å². The standard InChI is InChI=1S/C17H24Cl2N4O4S/c1-17(2,3)21-16(25)20-15(24)11-22-6-8-23(9-7-22)28(26,27)14-10-12(18)4-5-13(14)19/h4-5,10H,6-9,11H2,1-3H3,(H2,20,21,24,25). The predicted molar refractivity (Wildman–Crippen MR) is 108 cm³/mol. The second kappa shape index (κ2) is 8.96. The van der Waals surface area contributed by atoms with Gasteiger partial charge in [0.25, 0.3) is 0 Å². The van der Waals surface area contributed by atoms with Gasteiger partial charge in [-0.3, -0.25) is 15.0 Å². The van der Waals surface area contributed by atoms with Crippen LogP contribution in [-0.4, -0.2) is 67.8 Å². The van der Waals surface area contributed by atoms with E-state index in [9.17, 15) is 18.0 Å². The number of carbonyl (C=O) groups excluding carboxylic acids is 2. The first-order chi connectivity index (χ1) is 12.9. The molecular weight excluding hydrogens is 427 g/mol. The van der Waals surface area contributed by atoms with E-state index < -0.39 is 27.5 Å². The highest BCUT2D eigenvalue weighted by Crippen LogP contribution is 2.28. The van der Waals surface area contributed by atoms with Crippen LogP contribution in [0.5, 0.6) is 0 Å². The number of rotatable bonds is 4. The molecule has 0 bridgehead atoms. The molecular formula is C17H24Cl2N4O4S. The van der Waals surface area contributed by atoms with Crippen molar-refractivity contribution in [1.82, 2.24) is 19.8 Å². The Bertz CT molecular complexity index is 847. The molecule has 8 nitrogen and oxygen atoms in total. The number of benzene rings is 1. The van der Waals surface area contributed by atoms with E-state index in [2.05, 4.69) is 10.6 Å². The molecule has 1 saturated heterocycles. The number of imide groups is 1.